The fourth-order valence-corrected chi connectivity index (χ4v) is 2.57. The summed E-state index contributed by atoms with van der Waals surface area (Å²) < 4.78 is 7.12. The van der Waals surface area contributed by atoms with Gasteiger partial charge in [-0.2, -0.15) is 0 Å². The Balaban J connectivity index is 2.45. The van der Waals surface area contributed by atoms with Gasteiger partial charge in [0.1, 0.15) is 5.75 Å². The summed E-state index contributed by atoms with van der Waals surface area (Å²) in [5.41, 5.74) is 3.07. The van der Waals surface area contributed by atoms with Crippen LogP contribution in [-0.2, 0) is 12.8 Å². The maximum atomic E-state index is 12.2. The van der Waals surface area contributed by atoms with Gasteiger partial charge in [-0.1, -0.05) is 26.7 Å². The number of H-pyrrole nitrogens is 1. The fraction of sp³-hybridized carbons (Fsp3) is 0.471. The molecule has 0 atom stereocenters. The van der Waals surface area contributed by atoms with Gasteiger partial charge in [-0.25, -0.2) is 0 Å². The first-order valence-corrected chi connectivity index (χ1v) is 7.68. The van der Waals surface area contributed by atoms with Gasteiger partial charge in [0.05, 0.1) is 12.8 Å². The van der Waals surface area contributed by atoms with E-state index in [9.17, 15) is 4.79 Å². The van der Waals surface area contributed by atoms with Crippen molar-refractivity contribution in [3.05, 3.63) is 45.9 Å². The SMILES string of the molecule is CCCCc1c(CCC)c(=O)[nH]n1-c1ccc(OC)cc1. The molecule has 0 aliphatic carbocycles. The highest BCUT2D eigenvalue weighted by atomic mass is 16.5. The van der Waals surface area contributed by atoms with Crippen molar-refractivity contribution in [1.29, 1.82) is 0 Å². The zero-order valence-corrected chi connectivity index (χ0v) is 13.1. The van der Waals surface area contributed by atoms with Crippen LogP contribution < -0.4 is 10.3 Å². The number of hydrogen-bond acceptors (Lipinski definition) is 2. The summed E-state index contributed by atoms with van der Waals surface area (Å²) in [4.78, 5) is 12.2. The quantitative estimate of drug-likeness (QED) is 0.848. The summed E-state index contributed by atoms with van der Waals surface area (Å²) >= 11 is 0. The minimum Gasteiger partial charge on any atom is -0.497 e. The van der Waals surface area contributed by atoms with Gasteiger partial charge >= 0.3 is 0 Å². The largest absolute Gasteiger partial charge is 0.497 e. The Morgan fingerprint density at radius 1 is 1.10 bits per heavy atom. The molecular formula is C17H24N2O2. The van der Waals surface area contributed by atoms with Crippen molar-refractivity contribution < 1.29 is 4.74 Å². The van der Waals surface area contributed by atoms with Gasteiger partial charge in [-0.15, -0.1) is 0 Å². The van der Waals surface area contributed by atoms with E-state index in [1.54, 1.807) is 7.11 Å². The normalized spacial score (nSPS) is 10.8. The molecule has 4 nitrogen and oxygen atoms in total. The second-order valence-electron chi connectivity index (χ2n) is 5.25. The molecule has 1 aromatic carbocycles. The lowest BCUT2D eigenvalue weighted by molar-refractivity contribution is 0.414. The molecule has 2 rings (SSSR count). The van der Waals surface area contributed by atoms with Crippen molar-refractivity contribution in [2.24, 2.45) is 0 Å². The summed E-state index contributed by atoms with van der Waals surface area (Å²) in [5.74, 6) is 0.817. The van der Waals surface area contributed by atoms with E-state index in [1.165, 1.54) is 0 Å². The van der Waals surface area contributed by atoms with Crippen LogP contribution in [0.25, 0.3) is 5.69 Å². The van der Waals surface area contributed by atoms with E-state index >= 15 is 0 Å². The number of nitrogens with zero attached hydrogens (tertiary/aromatic N) is 1. The van der Waals surface area contributed by atoms with Gasteiger partial charge in [0.2, 0.25) is 0 Å². The van der Waals surface area contributed by atoms with E-state index < -0.39 is 0 Å². The maximum absolute atomic E-state index is 12.2. The van der Waals surface area contributed by atoms with Gasteiger partial charge in [0, 0.05) is 11.3 Å². The first-order chi connectivity index (χ1) is 10.2. The van der Waals surface area contributed by atoms with Crippen molar-refractivity contribution in [2.45, 2.75) is 46.0 Å². The lowest BCUT2D eigenvalue weighted by Crippen LogP contribution is -2.07. The van der Waals surface area contributed by atoms with E-state index in [1.807, 2.05) is 28.9 Å². The average molecular weight is 288 g/mol. The smallest absolute Gasteiger partial charge is 0.267 e. The maximum Gasteiger partial charge on any atom is 0.267 e. The highest BCUT2D eigenvalue weighted by Crippen LogP contribution is 2.19. The molecule has 0 saturated carbocycles. The molecule has 0 aliphatic rings. The molecule has 0 saturated heterocycles. The third-order valence-electron chi connectivity index (χ3n) is 3.70. The number of hydrogen-bond donors (Lipinski definition) is 1. The Kier molecular flexibility index (Phi) is 5.26. The zero-order chi connectivity index (χ0) is 15.2. The summed E-state index contributed by atoms with van der Waals surface area (Å²) in [5, 5.41) is 2.98. The van der Waals surface area contributed by atoms with E-state index in [2.05, 4.69) is 18.9 Å². The fourth-order valence-electron chi connectivity index (χ4n) is 2.57. The zero-order valence-electron chi connectivity index (χ0n) is 13.1. The predicted molar refractivity (Wildman–Crippen MR) is 85.5 cm³/mol. The number of unbranched alkanes of at least 4 members (excludes halogenated alkanes) is 1. The molecule has 2 aromatic rings. The second kappa shape index (κ2) is 7.16. The number of aromatic amines is 1. The second-order valence-corrected chi connectivity index (χ2v) is 5.25. The summed E-state index contributed by atoms with van der Waals surface area (Å²) in [6, 6.07) is 7.77. The Morgan fingerprint density at radius 2 is 1.81 bits per heavy atom. The summed E-state index contributed by atoms with van der Waals surface area (Å²) in [6.07, 6.45) is 4.95. The van der Waals surface area contributed by atoms with E-state index in [4.69, 9.17) is 4.74 Å². The Morgan fingerprint density at radius 3 is 2.38 bits per heavy atom. The van der Waals surface area contributed by atoms with Crippen molar-refractivity contribution in [2.75, 3.05) is 7.11 Å². The van der Waals surface area contributed by atoms with Crippen LogP contribution in [0.3, 0.4) is 0 Å². The highest BCUT2D eigenvalue weighted by molar-refractivity contribution is 5.39. The Labute approximate surface area is 125 Å². The van der Waals surface area contributed by atoms with Gasteiger partial charge in [-0.3, -0.25) is 14.6 Å². The van der Waals surface area contributed by atoms with Crippen molar-refractivity contribution in [3.63, 3.8) is 0 Å². The van der Waals surface area contributed by atoms with Crippen LogP contribution in [0, 0.1) is 0 Å². The van der Waals surface area contributed by atoms with Gasteiger partial charge in [-0.05, 0) is 43.5 Å². The molecule has 1 heterocycles. The minimum absolute atomic E-state index is 0.0405. The standard InChI is InChI=1S/C17H24N2O2/c1-4-6-8-16-15(7-5-2)17(20)18-19(16)13-9-11-14(21-3)12-10-13/h9-12H,4-8H2,1-3H3,(H,18,20). The number of ether oxygens (including phenoxy) is 1. The van der Waals surface area contributed by atoms with Gasteiger partial charge < -0.3 is 4.74 Å². The van der Waals surface area contributed by atoms with Crippen LogP contribution in [0.1, 0.15) is 44.4 Å². The first kappa shape index (κ1) is 15.4. The van der Waals surface area contributed by atoms with Crippen LogP contribution in [0.5, 0.6) is 5.75 Å². The van der Waals surface area contributed by atoms with E-state index in [0.29, 0.717) is 0 Å². The monoisotopic (exact) mass is 288 g/mol. The van der Waals surface area contributed by atoms with Gasteiger partial charge in [0.25, 0.3) is 5.56 Å². The third kappa shape index (κ3) is 3.38. The molecule has 1 aromatic heterocycles. The molecule has 21 heavy (non-hydrogen) atoms. The number of aromatic nitrogens is 2. The molecule has 0 radical (unpaired) electrons. The number of rotatable bonds is 7. The first-order valence-electron chi connectivity index (χ1n) is 7.68. The predicted octanol–water partition coefficient (Wildman–Crippen LogP) is 3.47. The van der Waals surface area contributed by atoms with Crippen LogP contribution in [0.15, 0.2) is 29.1 Å². The summed E-state index contributed by atoms with van der Waals surface area (Å²) in [6.45, 7) is 4.27. The number of benzene rings is 1. The van der Waals surface area contributed by atoms with Crippen LogP contribution in [0.4, 0.5) is 0 Å². The topological polar surface area (TPSA) is 47.0 Å². The third-order valence-corrected chi connectivity index (χ3v) is 3.70. The molecule has 0 bridgehead atoms. The van der Waals surface area contributed by atoms with Crippen LogP contribution >= 0.6 is 0 Å². The Hall–Kier alpha value is -1.97. The van der Waals surface area contributed by atoms with Crippen LogP contribution in [-0.4, -0.2) is 16.9 Å². The molecule has 0 fully saturated rings. The van der Waals surface area contributed by atoms with Crippen molar-refractivity contribution in [3.8, 4) is 11.4 Å². The minimum atomic E-state index is 0.0405. The van der Waals surface area contributed by atoms with Crippen molar-refractivity contribution >= 4 is 0 Å². The van der Waals surface area contributed by atoms with E-state index in [0.717, 1.165) is 54.8 Å². The summed E-state index contributed by atoms with van der Waals surface area (Å²) in [7, 11) is 1.65. The highest BCUT2D eigenvalue weighted by Gasteiger charge is 2.14. The van der Waals surface area contributed by atoms with Crippen LogP contribution in [0.2, 0.25) is 0 Å². The van der Waals surface area contributed by atoms with Gasteiger partial charge in [0.15, 0.2) is 0 Å². The Bertz CT molecular complexity index is 623. The molecule has 4 heteroatoms. The molecular weight excluding hydrogens is 264 g/mol. The average Bonchev–Trinajstić information content (AvgIpc) is 2.82. The number of methoxy groups -OCH3 is 1. The molecule has 0 amide bonds. The van der Waals surface area contributed by atoms with E-state index in [-0.39, 0.29) is 5.56 Å². The lowest BCUT2D eigenvalue weighted by atomic mass is 10.1. The number of nitrogens with one attached hydrogen (secondary N) is 1. The molecule has 1 N–H and O–H groups in total. The molecule has 0 spiro atoms. The molecule has 0 aliphatic heterocycles. The lowest BCUT2D eigenvalue weighted by Gasteiger charge is -2.10. The molecule has 114 valence electrons. The van der Waals surface area contributed by atoms with Crippen molar-refractivity contribution in [1.82, 2.24) is 9.78 Å². The molecule has 0 unspecified atom stereocenters.